The quantitative estimate of drug-likeness (QED) is 0.604. The van der Waals surface area contributed by atoms with Crippen molar-refractivity contribution in [2.45, 2.75) is 26.7 Å². The minimum Gasteiger partial charge on any atom is -0.399 e. The molecule has 0 radical (unpaired) electrons. The predicted molar refractivity (Wildman–Crippen MR) is 76.5 cm³/mol. The molecule has 3 N–H and O–H groups in total. The predicted octanol–water partition coefficient (Wildman–Crippen LogP) is 3.05. The van der Waals surface area contributed by atoms with Crippen molar-refractivity contribution in [1.29, 1.82) is 0 Å². The number of hydrogen-bond acceptors (Lipinski definition) is 3. The number of rotatable bonds is 6. The molecule has 1 aromatic rings. The summed E-state index contributed by atoms with van der Waals surface area (Å²) in [5, 5.41) is 2.90. The van der Waals surface area contributed by atoms with Gasteiger partial charge in [-0.3, -0.25) is 4.79 Å². The van der Waals surface area contributed by atoms with E-state index in [0.29, 0.717) is 5.75 Å². The standard InChI is InChI=1S/C13H20N2OS/c1-3-4-7-17-9-13(16)15-12-6-5-11(14)8-10(12)2/h5-6,8H,3-4,7,9,14H2,1-2H3,(H,15,16). The summed E-state index contributed by atoms with van der Waals surface area (Å²) in [6.07, 6.45) is 2.34. The van der Waals surface area contributed by atoms with Gasteiger partial charge in [0, 0.05) is 11.4 Å². The van der Waals surface area contributed by atoms with E-state index in [0.717, 1.165) is 22.7 Å². The molecule has 0 aromatic heterocycles. The molecule has 1 amide bonds. The summed E-state index contributed by atoms with van der Waals surface area (Å²) in [4.78, 5) is 11.6. The van der Waals surface area contributed by atoms with Gasteiger partial charge in [-0.25, -0.2) is 0 Å². The first-order valence-electron chi connectivity index (χ1n) is 5.87. The molecule has 3 nitrogen and oxygen atoms in total. The summed E-state index contributed by atoms with van der Waals surface area (Å²) in [7, 11) is 0. The van der Waals surface area contributed by atoms with Gasteiger partial charge in [-0.2, -0.15) is 11.8 Å². The smallest absolute Gasteiger partial charge is 0.234 e. The second-order valence-corrected chi connectivity index (χ2v) is 5.13. The molecule has 17 heavy (non-hydrogen) atoms. The number of nitrogen functional groups attached to an aromatic ring is 1. The van der Waals surface area contributed by atoms with Crippen molar-refractivity contribution in [3.63, 3.8) is 0 Å². The summed E-state index contributed by atoms with van der Waals surface area (Å²) >= 11 is 1.68. The first-order chi connectivity index (χ1) is 8.13. The van der Waals surface area contributed by atoms with Crippen LogP contribution in [-0.2, 0) is 4.79 Å². The molecule has 0 aliphatic heterocycles. The van der Waals surface area contributed by atoms with Gasteiger partial charge in [0.05, 0.1) is 5.75 Å². The number of nitrogens with two attached hydrogens (primary N) is 1. The average Bonchev–Trinajstić information content (AvgIpc) is 2.28. The fourth-order valence-corrected chi connectivity index (χ4v) is 2.32. The Kier molecular flexibility index (Phi) is 5.91. The number of carbonyl (C=O) groups is 1. The van der Waals surface area contributed by atoms with Crippen LogP contribution in [0.25, 0.3) is 0 Å². The van der Waals surface area contributed by atoms with Crippen LogP contribution in [0.2, 0.25) is 0 Å². The van der Waals surface area contributed by atoms with Gasteiger partial charge in [-0.1, -0.05) is 13.3 Å². The minimum absolute atomic E-state index is 0.0546. The van der Waals surface area contributed by atoms with Crippen LogP contribution in [-0.4, -0.2) is 17.4 Å². The molecule has 0 heterocycles. The molecule has 1 aromatic carbocycles. The van der Waals surface area contributed by atoms with Gasteiger partial charge >= 0.3 is 0 Å². The molecule has 0 saturated carbocycles. The topological polar surface area (TPSA) is 55.1 Å². The van der Waals surface area contributed by atoms with E-state index in [1.54, 1.807) is 17.8 Å². The third kappa shape index (κ3) is 5.13. The number of anilines is 2. The Balaban J connectivity index is 2.40. The third-order valence-electron chi connectivity index (χ3n) is 2.40. The maximum Gasteiger partial charge on any atom is 0.234 e. The average molecular weight is 252 g/mol. The molecule has 0 atom stereocenters. The fraction of sp³-hybridized carbons (Fsp3) is 0.462. The van der Waals surface area contributed by atoms with Crippen molar-refractivity contribution >= 4 is 29.0 Å². The van der Waals surface area contributed by atoms with Crippen LogP contribution in [0.1, 0.15) is 25.3 Å². The molecule has 1 rings (SSSR count). The molecule has 4 heteroatoms. The summed E-state index contributed by atoms with van der Waals surface area (Å²) < 4.78 is 0. The van der Waals surface area contributed by atoms with Gasteiger partial charge in [-0.05, 0) is 42.9 Å². The van der Waals surface area contributed by atoms with Crippen LogP contribution < -0.4 is 11.1 Å². The number of unbranched alkanes of at least 4 members (excludes halogenated alkanes) is 1. The third-order valence-corrected chi connectivity index (χ3v) is 3.44. The molecule has 0 bridgehead atoms. The van der Waals surface area contributed by atoms with Crippen LogP contribution in [0, 0.1) is 6.92 Å². The maximum atomic E-state index is 11.6. The highest BCUT2D eigenvalue weighted by molar-refractivity contribution is 7.99. The Bertz CT molecular complexity index is 380. The molecule has 0 fully saturated rings. The van der Waals surface area contributed by atoms with Crippen LogP contribution in [0.3, 0.4) is 0 Å². The minimum atomic E-state index is 0.0546. The zero-order chi connectivity index (χ0) is 12.7. The number of nitrogens with one attached hydrogen (secondary N) is 1. The molecule has 0 aliphatic rings. The largest absolute Gasteiger partial charge is 0.399 e. The number of amides is 1. The summed E-state index contributed by atoms with van der Waals surface area (Å²) in [5.74, 6) is 1.62. The summed E-state index contributed by atoms with van der Waals surface area (Å²) in [6, 6.07) is 5.51. The summed E-state index contributed by atoms with van der Waals surface area (Å²) in [6.45, 7) is 4.09. The van der Waals surface area contributed by atoms with Crippen molar-refractivity contribution in [3.8, 4) is 0 Å². The first-order valence-corrected chi connectivity index (χ1v) is 7.02. The molecular formula is C13H20N2OS. The van der Waals surface area contributed by atoms with Gasteiger partial charge in [-0.15, -0.1) is 0 Å². The second kappa shape index (κ2) is 7.22. The van der Waals surface area contributed by atoms with Crippen molar-refractivity contribution in [1.82, 2.24) is 0 Å². The second-order valence-electron chi connectivity index (χ2n) is 4.03. The van der Waals surface area contributed by atoms with Gasteiger partial charge in [0.2, 0.25) is 5.91 Å². The molecule has 0 spiro atoms. The Hall–Kier alpha value is -1.16. The number of aryl methyl sites for hydroxylation is 1. The van der Waals surface area contributed by atoms with Crippen LogP contribution in [0.4, 0.5) is 11.4 Å². The zero-order valence-corrected chi connectivity index (χ0v) is 11.3. The lowest BCUT2D eigenvalue weighted by atomic mass is 10.2. The van der Waals surface area contributed by atoms with E-state index in [-0.39, 0.29) is 5.91 Å². The van der Waals surface area contributed by atoms with Crippen molar-refractivity contribution < 1.29 is 4.79 Å². The lowest BCUT2D eigenvalue weighted by Gasteiger charge is -2.08. The Morgan fingerprint density at radius 2 is 2.24 bits per heavy atom. The van der Waals surface area contributed by atoms with Crippen molar-refractivity contribution in [2.24, 2.45) is 0 Å². The van der Waals surface area contributed by atoms with Crippen LogP contribution >= 0.6 is 11.8 Å². The highest BCUT2D eigenvalue weighted by Crippen LogP contribution is 2.18. The van der Waals surface area contributed by atoms with E-state index in [9.17, 15) is 4.79 Å². The Morgan fingerprint density at radius 3 is 2.88 bits per heavy atom. The Morgan fingerprint density at radius 1 is 1.47 bits per heavy atom. The molecule has 0 unspecified atom stereocenters. The highest BCUT2D eigenvalue weighted by Gasteiger charge is 2.04. The van der Waals surface area contributed by atoms with Gasteiger partial charge in [0.1, 0.15) is 0 Å². The lowest BCUT2D eigenvalue weighted by molar-refractivity contribution is -0.113. The van der Waals surface area contributed by atoms with Gasteiger partial charge in [0.25, 0.3) is 0 Å². The zero-order valence-electron chi connectivity index (χ0n) is 10.5. The molecule has 94 valence electrons. The van der Waals surface area contributed by atoms with Crippen molar-refractivity contribution in [2.75, 3.05) is 22.6 Å². The number of benzene rings is 1. The molecule has 0 aliphatic carbocycles. The normalized spacial score (nSPS) is 10.2. The number of hydrogen-bond donors (Lipinski definition) is 2. The van der Waals surface area contributed by atoms with E-state index >= 15 is 0 Å². The molecule has 0 saturated heterocycles. The maximum absolute atomic E-state index is 11.6. The fourth-order valence-electron chi connectivity index (χ4n) is 1.42. The number of thioether (sulfide) groups is 1. The van der Waals surface area contributed by atoms with Crippen LogP contribution in [0.15, 0.2) is 18.2 Å². The van der Waals surface area contributed by atoms with Gasteiger partial charge in [0.15, 0.2) is 0 Å². The van der Waals surface area contributed by atoms with E-state index in [1.165, 1.54) is 12.8 Å². The van der Waals surface area contributed by atoms with Gasteiger partial charge < -0.3 is 11.1 Å². The van der Waals surface area contributed by atoms with Crippen molar-refractivity contribution in [3.05, 3.63) is 23.8 Å². The lowest BCUT2D eigenvalue weighted by Crippen LogP contribution is -2.15. The van der Waals surface area contributed by atoms with E-state index < -0.39 is 0 Å². The number of carbonyl (C=O) groups excluding carboxylic acids is 1. The van der Waals surface area contributed by atoms with E-state index in [2.05, 4.69) is 12.2 Å². The SMILES string of the molecule is CCCCSCC(=O)Nc1ccc(N)cc1C. The molecular weight excluding hydrogens is 232 g/mol. The van der Waals surface area contributed by atoms with E-state index in [1.807, 2.05) is 19.1 Å². The van der Waals surface area contributed by atoms with E-state index in [4.69, 9.17) is 5.73 Å². The highest BCUT2D eigenvalue weighted by atomic mass is 32.2. The summed E-state index contributed by atoms with van der Waals surface area (Å²) in [5.41, 5.74) is 8.22. The monoisotopic (exact) mass is 252 g/mol. The Labute approximate surface area is 107 Å². The first kappa shape index (κ1) is 13.9. The van der Waals surface area contributed by atoms with Crippen LogP contribution in [0.5, 0.6) is 0 Å².